The third-order valence-corrected chi connectivity index (χ3v) is 8.82. The zero-order valence-electron chi connectivity index (χ0n) is 23.8. The molecule has 0 amide bonds. The zero-order chi connectivity index (χ0) is 30.6. The van der Waals surface area contributed by atoms with Crippen molar-refractivity contribution in [1.29, 1.82) is 0 Å². The summed E-state index contributed by atoms with van der Waals surface area (Å²) in [6, 6.07) is 20.5. The summed E-state index contributed by atoms with van der Waals surface area (Å²) in [7, 11) is 1.55. The standard InChI is InChI=1S/C34H28ClF2N3O4/c1-43-15-14-39-30-18-20(33(41)42)6-11-28(30)38-31(39)19-25-26(36)16-21(17-27(25)37)24-4-2-5-29-32(24)44-34(12-3-13-40(29)34)22-7-9-23(35)10-8-22/h2,4-11,16-18H,3,12-15,19H2,1H3,(H,41,42). The van der Waals surface area contributed by atoms with Gasteiger partial charge in [-0.25, -0.2) is 18.6 Å². The summed E-state index contributed by atoms with van der Waals surface area (Å²) in [5.74, 6) is -1.50. The predicted octanol–water partition coefficient (Wildman–Crippen LogP) is 7.42. The monoisotopic (exact) mass is 615 g/mol. The van der Waals surface area contributed by atoms with E-state index in [2.05, 4.69) is 9.88 Å². The van der Waals surface area contributed by atoms with Crippen LogP contribution in [0.5, 0.6) is 5.75 Å². The summed E-state index contributed by atoms with van der Waals surface area (Å²) in [5.41, 5.74) is 3.17. The average Bonchev–Trinajstić information content (AvgIpc) is 3.68. The van der Waals surface area contributed by atoms with Crippen molar-refractivity contribution < 1.29 is 28.2 Å². The van der Waals surface area contributed by atoms with E-state index >= 15 is 8.78 Å². The number of para-hydroxylation sites is 1. The van der Waals surface area contributed by atoms with E-state index in [0.29, 0.717) is 51.9 Å². The molecule has 1 N–H and O–H groups in total. The zero-order valence-corrected chi connectivity index (χ0v) is 24.6. The number of fused-ring (bicyclic) bond motifs is 4. The minimum atomic E-state index is -1.07. The minimum absolute atomic E-state index is 0.0975. The van der Waals surface area contributed by atoms with Crippen LogP contribution in [0.1, 0.15) is 40.2 Å². The van der Waals surface area contributed by atoms with Crippen LogP contribution in [0.15, 0.2) is 72.8 Å². The van der Waals surface area contributed by atoms with Crippen molar-refractivity contribution in [1.82, 2.24) is 9.55 Å². The molecule has 2 aliphatic rings. The molecule has 0 bridgehead atoms. The van der Waals surface area contributed by atoms with Gasteiger partial charge < -0.3 is 24.0 Å². The summed E-state index contributed by atoms with van der Waals surface area (Å²) >= 11 is 6.16. The quantitative estimate of drug-likeness (QED) is 0.196. The average molecular weight is 616 g/mol. The van der Waals surface area contributed by atoms with Crippen LogP contribution in [0.4, 0.5) is 14.5 Å². The fourth-order valence-corrected chi connectivity index (χ4v) is 6.61. The number of hydrogen-bond acceptors (Lipinski definition) is 5. The van der Waals surface area contributed by atoms with Gasteiger partial charge in [-0.15, -0.1) is 0 Å². The van der Waals surface area contributed by atoms with Crippen LogP contribution in [0, 0.1) is 11.6 Å². The highest BCUT2D eigenvalue weighted by Crippen LogP contribution is 2.55. The number of nitrogens with zero attached hydrogens (tertiary/aromatic N) is 3. The second-order valence-corrected chi connectivity index (χ2v) is 11.5. The number of imidazole rings is 1. The molecule has 0 aliphatic carbocycles. The fraction of sp³-hybridized carbons (Fsp3) is 0.235. The molecule has 44 heavy (non-hydrogen) atoms. The molecule has 4 aromatic carbocycles. The number of ether oxygens (including phenoxy) is 2. The first-order chi connectivity index (χ1) is 21.3. The number of anilines is 1. The summed E-state index contributed by atoms with van der Waals surface area (Å²) in [5, 5.41) is 10.1. The molecule has 2 aliphatic heterocycles. The lowest BCUT2D eigenvalue weighted by molar-refractivity contribution is 0.0697. The molecule has 1 saturated heterocycles. The Morgan fingerprint density at radius 2 is 1.86 bits per heavy atom. The number of rotatable bonds is 8. The van der Waals surface area contributed by atoms with E-state index in [1.54, 1.807) is 17.7 Å². The lowest BCUT2D eigenvalue weighted by atomic mass is 9.99. The van der Waals surface area contributed by atoms with E-state index in [1.807, 2.05) is 42.5 Å². The largest absolute Gasteiger partial charge is 0.478 e. The molecule has 0 radical (unpaired) electrons. The van der Waals surface area contributed by atoms with Crippen LogP contribution in [0.2, 0.25) is 5.02 Å². The fourth-order valence-electron chi connectivity index (χ4n) is 6.48. The number of aromatic nitrogens is 2. The molecule has 0 saturated carbocycles. The van der Waals surface area contributed by atoms with Gasteiger partial charge in [0.1, 0.15) is 17.5 Å². The van der Waals surface area contributed by atoms with E-state index < -0.39 is 23.3 Å². The Balaban J connectivity index is 1.25. The predicted molar refractivity (Wildman–Crippen MR) is 164 cm³/mol. The van der Waals surface area contributed by atoms with Gasteiger partial charge in [0.2, 0.25) is 5.72 Å². The maximum absolute atomic E-state index is 15.8. The van der Waals surface area contributed by atoms with Crippen LogP contribution >= 0.6 is 11.6 Å². The molecule has 1 fully saturated rings. The molecule has 10 heteroatoms. The molecule has 224 valence electrons. The van der Waals surface area contributed by atoms with Crippen molar-refractivity contribution in [3.63, 3.8) is 0 Å². The Labute approximate surface area is 257 Å². The molecule has 5 aromatic rings. The number of benzene rings is 4. The highest BCUT2D eigenvalue weighted by molar-refractivity contribution is 6.30. The molecule has 1 unspecified atom stereocenters. The smallest absolute Gasteiger partial charge is 0.335 e. The van der Waals surface area contributed by atoms with Gasteiger partial charge in [0.15, 0.2) is 5.75 Å². The Morgan fingerprint density at radius 3 is 2.59 bits per heavy atom. The lowest BCUT2D eigenvalue weighted by Gasteiger charge is -2.32. The Bertz CT molecular complexity index is 1900. The Morgan fingerprint density at radius 1 is 1.09 bits per heavy atom. The van der Waals surface area contributed by atoms with Crippen molar-refractivity contribution >= 4 is 34.3 Å². The number of halogens is 3. The van der Waals surface area contributed by atoms with Gasteiger partial charge in [0, 0.05) is 54.8 Å². The first-order valence-electron chi connectivity index (χ1n) is 14.3. The first-order valence-corrected chi connectivity index (χ1v) is 14.7. The highest BCUT2D eigenvalue weighted by Gasteiger charge is 2.51. The van der Waals surface area contributed by atoms with E-state index in [4.69, 9.17) is 21.1 Å². The first kappa shape index (κ1) is 28.3. The van der Waals surface area contributed by atoms with E-state index in [-0.39, 0.29) is 17.5 Å². The van der Waals surface area contributed by atoms with Crippen molar-refractivity contribution in [3.8, 4) is 16.9 Å². The van der Waals surface area contributed by atoms with E-state index in [1.165, 1.54) is 24.3 Å². The minimum Gasteiger partial charge on any atom is -0.478 e. The maximum Gasteiger partial charge on any atom is 0.335 e. The molecule has 7 rings (SSSR count). The third kappa shape index (κ3) is 4.58. The van der Waals surface area contributed by atoms with Gasteiger partial charge in [0.05, 0.1) is 28.9 Å². The molecule has 1 aromatic heterocycles. The van der Waals surface area contributed by atoms with Gasteiger partial charge in [-0.05, 0) is 60.5 Å². The van der Waals surface area contributed by atoms with Crippen LogP contribution in [-0.4, -0.2) is 40.9 Å². The van der Waals surface area contributed by atoms with Crippen molar-refractivity contribution in [2.75, 3.05) is 25.2 Å². The topological polar surface area (TPSA) is 76.8 Å². The van der Waals surface area contributed by atoms with Crippen LogP contribution in [-0.2, 0) is 23.4 Å². The number of methoxy groups -OCH3 is 1. The second kappa shape index (κ2) is 10.9. The number of carbonyl (C=O) groups is 1. The van der Waals surface area contributed by atoms with Crippen LogP contribution in [0.25, 0.3) is 22.2 Å². The molecule has 3 heterocycles. The Hall–Kier alpha value is -4.47. The third-order valence-electron chi connectivity index (χ3n) is 8.56. The van der Waals surface area contributed by atoms with E-state index in [9.17, 15) is 9.90 Å². The lowest BCUT2D eigenvalue weighted by Crippen LogP contribution is -2.41. The summed E-state index contributed by atoms with van der Waals surface area (Å²) in [6.45, 7) is 1.44. The van der Waals surface area contributed by atoms with Gasteiger partial charge in [-0.3, -0.25) is 0 Å². The molecule has 7 nitrogen and oxygen atoms in total. The van der Waals surface area contributed by atoms with Crippen LogP contribution in [0.3, 0.4) is 0 Å². The SMILES string of the molecule is COCCn1c(Cc2c(F)cc(-c3cccc4c3OC3(c5ccc(Cl)cc5)CCCN43)cc2F)nc2ccc(C(=O)O)cc21. The number of aromatic carboxylic acids is 1. The molecular formula is C34H28ClF2N3O4. The highest BCUT2D eigenvalue weighted by atomic mass is 35.5. The second-order valence-electron chi connectivity index (χ2n) is 11.1. The molecule has 1 atom stereocenters. The Kier molecular flexibility index (Phi) is 7.02. The van der Waals surface area contributed by atoms with Gasteiger partial charge in [0.25, 0.3) is 0 Å². The van der Waals surface area contributed by atoms with Gasteiger partial charge in [-0.2, -0.15) is 0 Å². The molecule has 0 spiro atoms. The van der Waals surface area contributed by atoms with Crippen molar-refractivity contribution in [3.05, 3.63) is 112 Å². The number of hydrogen-bond donors (Lipinski definition) is 1. The van der Waals surface area contributed by atoms with E-state index in [0.717, 1.165) is 30.6 Å². The summed E-state index contributed by atoms with van der Waals surface area (Å²) in [6.07, 6.45) is 1.58. The summed E-state index contributed by atoms with van der Waals surface area (Å²) in [4.78, 5) is 18.4. The number of carboxylic acid groups (broad SMARTS) is 1. The van der Waals surface area contributed by atoms with Crippen molar-refractivity contribution in [2.45, 2.75) is 31.5 Å². The van der Waals surface area contributed by atoms with Crippen LogP contribution < -0.4 is 9.64 Å². The normalized spacial score (nSPS) is 17.1. The summed E-state index contributed by atoms with van der Waals surface area (Å²) < 4.78 is 45.3. The maximum atomic E-state index is 15.8. The van der Waals surface area contributed by atoms with Crippen molar-refractivity contribution in [2.24, 2.45) is 0 Å². The molecular weight excluding hydrogens is 588 g/mol. The number of carboxylic acids is 1. The van der Waals surface area contributed by atoms with Gasteiger partial charge in [-0.1, -0.05) is 35.9 Å². The van der Waals surface area contributed by atoms with Gasteiger partial charge >= 0.3 is 5.97 Å².